The maximum Gasteiger partial charge on any atom is 0.314 e. The highest BCUT2D eigenvalue weighted by Gasteiger charge is 2.42. The lowest BCUT2D eigenvalue weighted by Crippen LogP contribution is -2.38. The maximum atomic E-state index is 11.8. The first-order chi connectivity index (χ1) is 9.67. The van der Waals surface area contributed by atoms with Gasteiger partial charge >= 0.3 is 5.97 Å². The van der Waals surface area contributed by atoms with Crippen molar-refractivity contribution in [1.82, 2.24) is 0 Å². The van der Waals surface area contributed by atoms with Crippen LogP contribution >= 0.6 is 0 Å². The molecule has 3 nitrogen and oxygen atoms in total. The van der Waals surface area contributed by atoms with Gasteiger partial charge in [0.25, 0.3) is 0 Å². The monoisotopic (exact) mass is 280 g/mol. The summed E-state index contributed by atoms with van der Waals surface area (Å²) < 4.78 is 5.12. The van der Waals surface area contributed by atoms with Gasteiger partial charge in [-0.15, -0.1) is 0 Å². The van der Waals surface area contributed by atoms with Crippen molar-refractivity contribution in [1.29, 1.82) is 0 Å². The Kier molecular flexibility index (Phi) is 7.60. The third-order valence-electron chi connectivity index (χ3n) is 4.23. The zero-order valence-corrected chi connectivity index (χ0v) is 12.8. The highest BCUT2D eigenvalue weighted by Crippen LogP contribution is 2.41. The van der Waals surface area contributed by atoms with Gasteiger partial charge in [-0.1, -0.05) is 63.3 Å². The Morgan fingerprint density at radius 1 is 1.25 bits per heavy atom. The van der Waals surface area contributed by atoms with E-state index in [0.29, 0.717) is 6.61 Å². The number of hydrogen-bond acceptors (Lipinski definition) is 2. The fraction of sp³-hybridized carbons (Fsp3) is 0.706. The molecule has 2 atom stereocenters. The molecule has 0 amide bonds. The van der Waals surface area contributed by atoms with Crippen LogP contribution in [-0.4, -0.2) is 24.8 Å². The Balaban J connectivity index is 2.65. The summed E-state index contributed by atoms with van der Waals surface area (Å²) in [6.45, 7) is 2.79. The van der Waals surface area contributed by atoms with E-state index in [-0.39, 0.29) is 5.92 Å². The summed E-state index contributed by atoms with van der Waals surface area (Å²) in [4.78, 5) is 11.8. The average Bonchev–Trinajstić information content (AvgIpc) is 2.45. The second-order valence-electron chi connectivity index (χ2n) is 5.64. The second kappa shape index (κ2) is 8.96. The Morgan fingerprint density at radius 3 is 2.65 bits per heavy atom. The molecule has 0 aliphatic heterocycles. The average molecular weight is 280 g/mol. The molecule has 0 saturated carbocycles. The lowest BCUT2D eigenvalue weighted by atomic mass is 9.68. The third kappa shape index (κ3) is 4.48. The Labute approximate surface area is 122 Å². The van der Waals surface area contributed by atoms with Crippen molar-refractivity contribution in [3.05, 3.63) is 24.3 Å². The van der Waals surface area contributed by atoms with Crippen molar-refractivity contribution in [2.24, 2.45) is 11.3 Å². The first kappa shape index (κ1) is 17.0. The molecule has 2 unspecified atom stereocenters. The van der Waals surface area contributed by atoms with Crippen LogP contribution < -0.4 is 0 Å². The summed E-state index contributed by atoms with van der Waals surface area (Å²) in [5, 5.41) is 9.74. The predicted molar refractivity (Wildman–Crippen MR) is 81.7 cm³/mol. The van der Waals surface area contributed by atoms with Crippen LogP contribution in [-0.2, 0) is 9.53 Å². The van der Waals surface area contributed by atoms with Crippen LogP contribution in [0.4, 0.5) is 0 Å². The minimum Gasteiger partial charge on any atom is -0.481 e. The number of carboxylic acid groups (broad SMARTS) is 1. The number of ether oxygens (including phenoxy) is 1. The van der Waals surface area contributed by atoms with Gasteiger partial charge in [0.05, 0.1) is 5.41 Å². The summed E-state index contributed by atoms with van der Waals surface area (Å²) in [6, 6.07) is 0. The van der Waals surface area contributed by atoms with Gasteiger partial charge in [-0.3, -0.25) is 4.79 Å². The summed E-state index contributed by atoms with van der Waals surface area (Å²) in [5.41, 5.74) is -0.737. The van der Waals surface area contributed by atoms with Crippen molar-refractivity contribution in [2.45, 2.75) is 51.9 Å². The van der Waals surface area contributed by atoms with E-state index in [0.717, 1.165) is 25.7 Å². The molecule has 3 heteroatoms. The van der Waals surface area contributed by atoms with Gasteiger partial charge in [0, 0.05) is 13.7 Å². The zero-order chi connectivity index (χ0) is 14.8. The van der Waals surface area contributed by atoms with Gasteiger partial charge in [0.2, 0.25) is 0 Å². The van der Waals surface area contributed by atoms with Gasteiger partial charge in [0.1, 0.15) is 0 Å². The standard InChI is InChI=1S/C17H28O3/c1-3-4-5-6-8-12-17(16(18)19)13-9-7-10-15(17)11-14-20-2/h7,9-10,13,15H,3-6,8,11-12,14H2,1-2H3,(H,18,19). The van der Waals surface area contributed by atoms with Crippen molar-refractivity contribution < 1.29 is 14.6 Å². The van der Waals surface area contributed by atoms with Crippen LogP contribution in [0.5, 0.6) is 0 Å². The number of hydrogen-bond donors (Lipinski definition) is 1. The molecule has 0 bridgehead atoms. The van der Waals surface area contributed by atoms with Crippen LogP contribution in [0.1, 0.15) is 51.9 Å². The first-order valence-corrected chi connectivity index (χ1v) is 7.75. The minimum absolute atomic E-state index is 0.0381. The first-order valence-electron chi connectivity index (χ1n) is 7.75. The molecule has 0 radical (unpaired) electrons. The van der Waals surface area contributed by atoms with E-state index >= 15 is 0 Å². The zero-order valence-electron chi connectivity index (χ0n) is 12.8. The minimum atomic E-state index is -0.737. The van der Waals surface area contributed by atoms with E-state index in [1.807, 2.05) is 24.3 Å². The van der Waals surface area contributed by atoms with Gasteiger partial charge in [-0.2, -0.15) is 0 Å². The second-order valence-corrected chi connectivity index (χ2v) is 5.64. The summed E-state index contributed by atoms with van der Waals surface area (Å²) >= 11 is 0. The molecule has 0 heterocycles. The van der Waals surface area contributed by atoms with E-state index in [9.17, 15) is 9.90 Å². The van der Waals surface area contributed by atoms with Gasteiger partial charge in [-0.25, -0.2) is 0 Å². The molecule has 0 aromatic heterocycles. The summed E-state index contributed by atoms with van der Waals surface area (Å²) in [6.07, 6.45) is 15.0. The summed E-state index contributed by atoms with van der Waals surface area (Å²) in [7, 11) is 1.66. The molecular weight excluding hydrogens is 252 g/mol. The lowest BCUT2D eigenvalue weighted by molar-refractivity contribution is -0.149. The van der Waals surface area contributed by atoms with Gasteiger partial charge < -0.3 is 9.84 Å². The maximum absolute atomic E-state index is 11.8. The number of methoxy groups -OCH3 is 1. The molecule has 1 aliphatic rings. The molecule has 1 rings (SSSR count). The number of carboxylic acids is 1. The van der Waals surface area contributed by atoms with Crippen molar-refractivity contribution in [2.75, 3.05) is 13.7 Å². The number of rotatable bonds is 10. The van der Waals surface area contributed by atoms with Crippen LogP contribution in [0.3, 0.4) is 0 Å². The van der Waals surface area contributed by atoms with Crippen LogP contribution in [0.25, 0.3) is 0 Å². The normalized spacial score (nSPS) is 25.0. The van der Waals surface area contributed by atoms with Crippen LogP contribution in [0.15, 0.2) is 24.3 Å². The number of carbonyl (C=O) groups is 1. The molecule has 0 aromatic rings. The van der Waals surface area contributed by atoms with E-state index in [2.05, 4.69) is 6.92 Å². The topological polar surface area (TPSA) is 46.5 Å². The Bertz CT molecular complexity index is 346. The number of aliphatic carboxylic acids is 1. The van der Waals surface area contributed by atoms with E-state index < -0.39 is 11.4 Å². The lowest BCUT2D eigenvalue weighted by Gasteiger charge is -2.35. The van der Waals surface area contributed by atoms with Gasteiger partial charge in [0.15, 0.2) is 0 Å². The molecule has 0 spiro atoms. The molecule has 0 fully saturated rings. The van der Waals surface area contributed by atoms with E-state index in [1.165, 1.54) is 19.3 Å². The molecule has 0 aromatic carbocycles. The highest BCUT2D eigenvalue weighted by atomic mass is 16.5. The molecule has 20 heavy (non-hydrogen) atoms. The SMILES string of the molecule is CCCCCCCC1(C(=O)O)C=CC=CC1CCOC. The quantitative estimate of drug-likeness (QED) is 0.610. The van der Waals surface area contributed by atoms with Crippen molar-refractivity contribution in [3.63, 3.8) is 0 Å². The molecule has 1 aliphatic carbocycles. The van der Waals surface area contributed by atoms with E-state index in [4.69, 9.17) is 4.74 Å². The molecular formula is C17H28O3. The fourth-order valence-electron chi connectivity index (χ4n) is 2.95. The Morgan fingerprint density at radius 2 is 2.00 bits per heavy atom. The summed E-state index contributed by atoms with van der Waals surface area (Å²) in [5.74, 6) is -0.661. The predicted octanol–water partition coefficient (Wildman–Crippen LogP) is 4.20. The fourth-order valence-corrected chi connectivity index (χ4v) is 2.95. The van der Waals surface area contributed by atoms with Gasteiger partial charge in [-0.05, 0) is 18.8 Å². The smallest absolute Gasteiger partial charge is 0.314 e. The van der Waals surface area contributed by atoms with E-state index in [1.54, 1.807) is 7.11 Å². The van der Waals surface area contributed by atoms with Crippen LogP contribution in [0, 0.1) is 11.3 Å². The molecule has 0 saturated heterocycles. The largest absolute Gasteiger partial charge is 0.481 e. The van der Waals surface area contributed by atoms with Crippen molar-refractivity contribution in [3.8, 4) is 0 Å². The highest BCUT2D eigenvalue weighted by molar-refractivity contribution is 5.78. The molecule has 114 valence electrons. The van der Waals surface area contributed by atoms with Crippen molar-refractivity contribution >= 4 is 5.97 Å². The number of unbranched alkanes of at least 4 members (excludes halogenated alkanes) is 4. The third-order valence-corrected chi connectivity index (χ3v) is 4.23. The number of allylic oxidation sites excluding steroid dienone is 3. The molecule has 1 N–H and O–H groups in total. The Hall–Kier alpha value is -1.09. The van der Waals surface area contributed by atoms with Crippen LogP contribution in [0.2, 0.25) is 0 Å².